The number of aliphatic hydroxyl groups excluding tert-OH is 1. The molecule has 1 unspecified atom stereocenters. The summed E-state index contributed by atoms with van der Waals surface area (Å²) in [6.45, 7) is 7.94. The van der Waals surface area contributed by atoms with E-state index in [9.17, 15) is 9.50 Å². The van der Waals surface area contributed by atoms with E-state index >= 15 is 0 Å². The maximum Gasteiger partial charge on any atom is 0.127 e. The van der Waals surface area contributed by atoms with Crippen LogP contribution in [0.3, 0.4) is 0 Å². The Hall–Kier alpha value is -1.01. The molecule has 0 aromatic heterocycles. The minimum atomic E-state index is -0.149. The van der Waals surface area contributed by atoms with E-state index < -0.39 is 0 Å². The number of halogens is 1. The predicted molar refractivity (Wildman–Crippen MR) is 85.2 cm³/mol. The van der Waals surface area contributed by atoms with E-state index in [1.807, 2.05) is 19.1 Å². The molecule has 1 aromatic carbocycles. The molecule has 1 heterocycles. The lowest BCUT2D eigenvalue weighted by Crippen LogP contribution is -2.53. The number of aliphatic hydroxyl groups is 1. The number of hydrogen-bond acceptors (Lipinski definition) is 4. The van der Waals surface area contributed by atoms with Gasteiger partial charge in [0.15, 0.2) is 0 Å². The minimum Gasteiger partial charge on any atom is -0.396 e. The third-order valence-corrected chi connectivity index (χ3v) is 4.24. The normalized spacial score (nSPS) is 20.4. The molecule has 0 aliphatic carbocycles. The molecule has 0 radical (unpaired) electrons. The number of benzene rings is 1. The van der Waals surface area contributed by atoms with Crippen LogP contribution in [0.25, 0.3) is 0 Å². The molecule has 1 N–H and O–H groups in total. The van der Waals surface area contributed by atoms with Crippen LogP contribution >= 0.6 is 0 Å². The predicted octanol–water partition coefficient (Wildman–Crippen LogP) is 1.73. The SMILES string of the molecule is CCOCCN1CCN(Cc2ccccc2F)C(CCO)C1. The minimum absolute atomic E-state index is 0.149. The van der Waals surface area contributed by atoms with Crippen molar-refractivity contribution in [2.75, 3.05) is 46.0 Å². The van der Waals surface area contributed by atoms with Gasteiger partial charge in [0, 0.05) is 57.5 Å². The molecule has 4 nitrogen and oxygen atoms in total. The van der Waals surface area contributed by atoms with Crippen molar-refractivity contribution < 1.29 is 14.2 Å². The molecular weight excluding hydrogens is 283 g/mol. The van der Waals surface area contributed by atoms with Gasteiger partial charge in [0.1, 0.15) is 5.82 Å². The first-order valence-electron chi connectivity index (χ1n) is 8.13. The molecule has 22 heavy (non-hydrogen) atoms. The second kappa shape index (κ2) is 9.20. The first kappa shape index (κ1) is 17.3. The number of piperazine rings is 1. The van der Waals surface area contributed by atoms with Crippen molar-refractivity contribution in [3.63, 3.8) is 0 Å². The summed E-state index contributed by atoms with van der Waals surface area (Å²) in [5.41, 5.74) is 0.730. The molecule has 1 fully saturated rings. The fraction of sp³-hybridized carbons (Fsp3) is 0.647. The smallest absolute Gasteiger partial charge is 0.127 e. The lowest BCUT2D eigenvalue weighted by molar-refractivity contribution is 0.0342. The van der Waals surface area contributed by atoms with Crippen LogP contribution in [0.5, 0.6) is 0 Å². The quantitative estimate of drug-likeness (QED) is 0.742. The van der Waals surface area contributed by atoms with Crippen LogP contribution in [0, 0.1) is 5.82 Å². The molecule has 0 amide bonds. The second-order valence-corrected chi connectivity index (χ2v) is 5.73. The van der Waals surface area contributed by atoms with Crippen LogP contribution in [0.4, 0.5) is 4.39 Å². The van der Waals surface area contributed by atoms with E-state index in [2.05, 4.69) is 9.80 Å². The highest BCUT2D eigenvalue weighted by Gasteiger charge is 2.26. The van der Waals surface area contributed by atoms with Crippen molar-refractivity contribution >= 4 is 0 Å². The average molecular weight is 310 g/mol. The molecule has 0 spiro atoms. The van der Waals surface area contributed by atoms with Crippen molar-refractivity contribution in [1.82, 2.24) is 9.80 Å². The molecule has 5 heteroatoms. The Morgan fingerprint density at radius 1 is 1.32 bits per heavy atom. The zero-order valence-electron chi connectivity index (χ0n) is 13.4. The van der Waals surface area contributed by atoms with Gasteiger partial charge in [-0.1, -0.05) is 18.2 Å². The van der Waals surface area contributed by atoms with E-state index in [1.165, 1.54) is 6.07 Å². The molecule has 1 aliphatic rings. The molecule has 2 rings (SSSR count). The maximum absolute atomic E-state index is 13.8. The Morgan fingerprint density at radius 3 is 2.86 bits per heavy atom. The highest BCUT2D eigenvalue weighted by Crippen LogP contribution is 2.18. The molecule has 124 valence electrons. The second-order valence-electron chi connectivity index (χ2n) is 5.73. The van der Waals surface area contributed by atoms with Gasteiger partial charge in [-0.05, 0) is 19.4 Å². The van der Waals surface area contributed by atoms with Crippen LogP contribution in [0.1, 0.15) is 18.9 Å². The van der Waals surface area contributed by atoms with Crippen LogP contribution in [-0.4, -0.2) is 66.9 Å². The van der Waals surface area contributed by atoms with Crippen molar-refractivity contribution in [3.8, 4) is 0 Å². The Bertz CT molecular complexity index is 444. The molecule has 1 saturated heterocycles. The van der Waals surface area contributed by atoms with Gasteiger partial charge >= 0.3 is 0 Å². The van der Waals surface area contributed by atoms with E-state index in [4.69, 9.17) is 4.74 Å². The number of nitrogens with zero attached hydrogens (tertiary/aromatic N) is 2. The molecule has 1 atom stereocenters. The van der Waals surface area contributed by atoms with Crippen LogP contribution in [-0.2, 0) is 11.3 Å². The van der Waals surface area contributed by atoms with Gasteiger partial charge in [0.2, 0.25) is 0 Å². The van der Waals surface area contributed by atoms with Crippen molar-refractivity contribution in [2.24, 2.45) is 0 Å². The molecule has 0 saturated carbocycles. The van der Waals surface area contributed by atoms with E-state index in [-0.39, 0.29) is 18.5 Å². The first-order chi connectivity index (χ1) is 10.7. The fourth-order valence-corrected chi connectivity index (χ4v) is 2.97. The standard InChI is InChI=1S/C17H27FN2O2/c1-2-22-12-10-19-8-9-20(16(14-19)7-11-21)13-15-5-3-4-6-17(15)18/h3-6,16,21H,2,7-14H2,1H3. The molecule has 1 aliphatic heterocycles. The average Bonchev–Trinajstić information content (AvgIpc) is 2.52. The van der Waals surface area contributed by atoms with Crippen molar-refractivity contribution in [1.29, 1.82) is 0 Å². The zero-order valence-corrected chi connectivity index (χ0v) is 13.4. The van der Waals surface area contributed by atoms with E-state index in [1.54, 1.807) is 6.07 Å². The topological polar surface area (TPSA) is 35.9 Å². The van der Waals surface area contributed by atoms with Crippen LogP contribution in [0.15, 0.2) is 24.3 Å². The Labute approximate surface area is 132 Å². The third-order valence-electron chi connectivity index (χ3n) is 4.24. The van der Waals surface area contributed by atoms with Gasteiger partial charge in [0.25, 0.3) is 0 Å². The number of ether oxygens (including phenoxy) is 1. The summed E-state index contributed by atoms with van der Waals surface area (Å²) in [5, 5.41) is 9.31. The Kier molecular flexibility index (Phi) is 7.25. The van der Waals surface area contributed by atoms with Gasteiger partial charge in [0.05, 0.1) is 6.61 Å². The summed E-state index contributed by atoms with van der Waals surface area (Å²) in [6.07, 6.45) is 0.722. The van der Waals surface area contributed by atoms with Gasteiger partial charge in [-0.15, -0.1) is 0 Å². The number of hydrogen-bond donors (Lipinski definition) is 1. The van der Waals surface area contributed by atoms with Gasteiger partial charge in [-0.3, -0.25) is 9.80 Å². The molecule has 1 aromatic rings. The highest BCUT2D eigenvalue weighted by molar-refractivity contribution is 5.17. The monoisotopic (exact) mass is 310 g/mol. The summed E-state index contributed by atoms with van der Waals surface area (Å²) >= 11 is 0. The van der Waals surface area contributed by atoms with E-state index in [0.717, 1.165) is 51.4 Å². The molecular formula is C17H27FN2O2. The van der Waals surface area contributed by atoms with Gasteiger partial charge in [-0.25, -0.2) is 4.39 Å². The maximum atomic E-state index is 13.8. The zero-order chi connectivity index (χ0) is 15.8. The van der Waals surface area contributed by atoms with Crippen LogP contribution in [0.2, 0.25) is 0 Å². The van der Waals surface area contributed by atoms with Crippen LogP contribution < -0.4 is 0 Å². The largest absolute Gasteiger partial charge is 0.396 e. The lowest BCUT2D eigenvalue weighted by Gasteiger charge is -2.41. The fourth-order valence-electron chi connectivity index (χ4n) is 2.97. The highest BCUT2D eigenvalue weighted by atomic mass is 19.1. The Morgan fingerprint density at radius 2 is 2.14 bits per heavy atom. The van der Waals surface area contributed by atoms with Crippen molar-refractivity contribution in [3.05, 3.63) is 35.6 Å². The van der Waals surface area contributed by atoms with Crippen molar-refractivity contribution in [2.45, 2.75) is 25.9 Å². The third kappa shape index (κ3) is 5.02. The van der Waals surface area contributed by atoms with Gasteiger partial charge < -0.3 is 9.84 Å². The first-order valence-corrected chi connectivity index (χ1v) is 8.13. The van der Waals surface area contributed by atoms with Gasteiger partial charge in [-0.2, -0.15) is 0 Å². The summed E-state index contributed by atoms with van der Waals surface area (Å²) in [4.78, 5) is 4.65. The number of rotatable bonds is 8. The summed E-state index contributed by atoms with van der Waals surface area (Å²) < 4.78 is 19.3. The summed E-state index contributed by atoms with van der Waals surface area (Å²) in [7, 11) is 0. The summed E-state index contributed by atoms with van der Waals surface area (Å²) in [5.74, 6) is -0.149. The molecule has 0 bridgehead atoms. The summed E-state index contributed by atoms with van der Waals surface area (Å²) in [6, 6.07) is 7.20. The van der Waals surface area contributed by atoms with E-state index in [0.29, 0.717) is 6.54 Å². The lowest BCUT2D eigenvalue weighted by atomic mass is 10.1. The Balaban J connectivity index is 1.92.